The molecule has 0 aliphatic heterocycles. The van der Waals surface area contributed by atoms with E-state index in [-0.39, 0.29) is 17.5 Å². The zero-order valence-electron chi connectivity index (χ0n) is 11.6. The van der Waals surface area contributed by atoms with E-state index in [0.29, 0.717) is 6.29 Å². The van der Waals surface area contributed by atoms with E-state index in [1.54, 1.807) is 0 Å². The van der Waals surface area contributed by atoms with Gasteiger partial charge in [-0.05, 0) is 25.0 Å². The van der Waals surface area contributed by atoms with Gasteiger partial charge in [0.05, 0.1) is 0 Å². The highest BCUT2D eigenvalue weighted by molar-refractivity contribution is 5.78. The minimum Gasteiger partial charge on any atom is -0.478 e. The lowest BCUT2D eigenvalue weighted by atomic mass is 10.1. The number of nitrogens with one attached hydrogen (secondary N) is 1. The summed E-state index contributed by atoms with van der Waals surface area (Å²) in [6.45, 7) is 5.19. The smallest absolute Gasteiger partial charge is 0.258 e. The number of hydrogen-bond donors (Lipinski definition) is 1. The second kappa shape index (κ2) is 6.98. The summed E-state index contributed by atoms with van der Waals surface area (Å²) in [7, 11) is 0. The Kier molecular flexibility index (Phi) is 5.61. The van der Waals surface area contributed by atoms with Crippen molar-refractivity contribution in [2.75, 3.05) is 6.61 Å². The van der Waals surface area contributed by atoms with E-state index < -0.39 is 29.9 Å². The van der Waals surface area contributed by atoms with Gasteiger partial charge in [-0.3, -0.25) is 9.59 Å². The monoisotopic (exact) mass is 285 g/mol. The second-order valence-corrected chi connectivity index (χ2v) is 4.82. The van der Waals surface area contributed by atoms with Crippen LogP contribution in [0.15, 0.2) is 12.1 Å². The predicted octanol–water partition coefficient (Wildman–Crippen LogP) is 2.32. The maximum atomic E-state index is 13.5. The number of hydrogen-bond acceptors (Lipinski definition) is 3. The van der Waals surface area contributed by atoms with E-state index in [1.807, 2.05) is 20.8 Å². The van der Waals surface area contributed by atoms with Gasteiger partial charge in [-0.1, -0.05) is 13.8 Å². The standard InChI is InChI=1S/C14H17F2NO3/c1-8(2)9(3)17-13(19)7-20-14-11(15)4-10(6-18)5-12(14)16/h4-6,8-9H,7H2,1-3H3,(H,17,19). The first-order chi connectivity index (χ1) is 9.35. The molecule has 1 unspecified atom stereocenters. The quantitative estimate of drug-likeness (QED) is 0.816. The molecule has 20 heavy (non-hydrogen) atoms. The van der Waals surface area contributed by atoms with Crippen LogP contribution in [0.2, 0.25) is 0 Å². The van der Waals surface area contributed by atoms with Crippen molar-refractivity contribution in [3.05, 3.63) is 29.3 Å². The molecule has 0 spiro atoms. The molecule has 1 atom stereocenters. The minimum atomic E-state index is -1.02. The Morgan fingerprint density at radius 1 is 1.30 bits per heavy atom. The number of amides is 1. The summed E-state index contributed by atoms with van der Waals surface area (Å²) in [5.41, 5.74) is -0.134. The predicted molar refractivity (Wildman–Crippen MR) is 69.7 cm³/mol. The number of carbonyl (C=O) groups is 2. The van der Waals surface area contributed by atoms with Crippen molar-refractivity contribution in [1.29, 1.82) is 0 Å². The number of benzene rings is 1. The molecule has 6 heteroatoms. The Morgan fingerprint density at radius 2 is 1.85 bits per heavy atom. The average molecular weight is 285 g/mol. The molecule has 0 bridgehead atoms. The van der Waals surface area contributed by atoms with Crippen molar-refractivity contribution < 1.29 is 23.1 Å². The average Bonchev–Trinajstić information content (AvgIpc) is 2.37. The van der Waals surface area contributed by atoms with Crippen molar-refractivity contribution in [3.63, 3.8) is 0 Å². The highest BCUT2D eigenvalue weighted by Gasteiger charge is 2.16. The summed E-state index contributed by atoms with van der Waals surface area (Å²) in [4.78, 5) is 22.0. The fourth-order valence-corrected chi connectivity index (χ4v) is 1.39. The molecule has 0 aliphatic carbocycles. The molecule has 1 aromatic rings. The third-order valence-corrected chi connectivity index (χ3v) is 2.89. The first-order valence-electron chi connectivity index (χ1n) is 6.21. The van der Waals surface area contributed by atoms with E-state index in [4.69, 9.17) is 4.74 Å². The second-order valence-electron chi connectivity index (χ2n) is 4.82. The van der Waals surface area contributed by atoms with Crippen LogP contribution in [0.25, 0.3) is 0 Å². The fraction of sp³-hybridized carbons (Fsp3) is 0.429. The summed E-state index contributed by atoms with van der Waals surface area (Å²) in [5, 5.41) is 2.65. The lowest BCUT2D eigenvalue weighted by Gasteiger charge is -2.17. The zero-order valence-corrected chi connectivity index (χ0v) is 11.6. The van der Waals surface area contributed by atoms with E-state index in [2.05, 4.69) is 5.32 Å². The van der Waals surface area contributed by atoms with Crippen LogP contribution in [0.1, 0.15) is 31.1 Å². The van der Waals surface area contributed by atoms with Gasteiger partial charge in [-0.2, -0.15) is 0 Å². The lowest BCUT2D eigenvalue weighted by Crippen LogP contribution is -2.39. The lowest BCUT2D eigenvalue weighted by molar-refractivity contribution is -0.124. The zero-order chi connectivity index (χ0) is 15.3. The molecule has 4 nitrogen and oxygen atoms in total. The fourth-order valence-electron chi connectivity index (χ4n) is 1.39. The Morgan fingerprint density at radius 3 is 2.30 bits per heavy atom. The molecular weight excluding hydrogens is 268 g/mol. The molecule has 0 heterocycles. The van der Waals surface area contributed by atoms with Crippen LogP contribution in [0.3, 0.4) is 0 Å². The minimum absolute atomic E-state index is 0.0711. The van der Waals surface area contributed by atoms with Crippen molar-refractivity contribution >= 4 is 12.2 Å². The van der Waals surface area contributed by atoms with Crippen molar-refractivity contribution in [2.45, 2.75) is 26.8 Å². The van der Waals surface area contributed by atoms with E-state index in [1.165, 1.54) is 0 Å². The molecular formula is C14H17F2NO3. The van der Waals surface area contributed by atoms with Gasteiger partial charge in [0.2, 0.25) is 0 Å². The first-order valence-corrected chi connectivity index (χ1v) is 6.21. The van der Waals surface area contributed by atoms with Crippen LogP contribution in [0, 0.1) is 17.6 Å². The number of ether oxygens (including phenoxy) is 1. The number of halogens is 2. The molecule has 0 fully saturated rings. The summed E-state index contributed by atoms with van der Waals surface area (Å²) in [5.74, 6) is -2.93. The maximum absolute atomic E-state index is 13.5. The van der Waals surface area contributed by atoms with Crippen LogP contribution in [0.4, 0.5) is 8.78 Å². The van der Waals surface area contributed by atoms with Crippen molar-refractivity contribution in [2.24, 2.45) is 5.92 Å². The molecule has 0 aliphatic rings. The maximum Gasteiger partial charge on any atom is 0.258 e. The van der Waals surface area contributed by atoms with Gasteiger partial charge in [0.1, 0.15) is 6.29 Å². The highest BCUT2D eigenvalue weighted by Crippen LogP contribution is 2.22. The van der Waals surface area contributed by atoms with Crippen LogP contribution in [0.5, 0.6) is 5.75 Å². The molecule has 0 radical (unpaired) electrons. The Balaban J connectivity index is 2.66. The number of carbonyl (C=O) groups excluding carboxylic acids is 2. The van der Waals surface area contributed by atoms with Gasteiger partial charge >= 0.3 is 0 Å². The Bertz CT molecular complexity index is 480. The van der Waals surface area contributed by atoms with Crippen LogP contribution >= 0.6 is 0 Å². The van der Waals surface area contributed by atoms with Gasteiger partial charge in [0.25, 0.3) is 5.91 Å². The Hall–Kier alpha value is -1.98. The number of rotatable bonds is 6. The van der Waals surface area contributed by atoms with Gasteiger partial charge < -0.3 is 10.1 Å². The van der Waals surface area contributed by atoms with Crippen LogP contribution in [-0.2, 0) is 4.79 Å². The molecule has 110 valence electrons. The number of aldehydes is 1. The van der Waals surface area contributed by atoms with E-state index in [0.717, 1.165) is 12.1 Å². The third-order valence-electron chi connectivity index (χ3n) is 2.89. The van der Waals surface area contributed by atoms with E-state index >= 15 is 0 Å². The summed E-state index contributed by atoms with van der Waals surface area (Å²) in [6, 6.07) is 1.62. The molecule has 1 amide bonds. The molecule has 1 N–H and O–H groups in total. The van der Waals surface area contributed by atoms with Gasteiger partial charge in [0, 0.05) is 11.6 Å². The molecule has 1 rings (SSSR count). The third kappa shape index (κ3) is 4.29. The van der Waals surface area contributed by atoms with Crippen molar-refractivity contribution in [3.8, 4) is 5.75 Å². The van der Waals surface area contributed by atoms with Crippen LogP contribution < -0.4 is 10.1 Å². The van der Waals surface area contributed by atoms with Crippen LogP contribution in [-0.4, -0.2) is 24.8 Å². The Labute approximate surface area is 116 Å². The topological polar surface area (TPSA) is 55.4 Å². The SMILES string of the molecule is CC(C)C(C)NC(=O)COc1c(F)cc(C=O)cc1F. The molecule has 0 saturated heterocycles. The van der Waals surface area contributed by atoms with Gasteiger partial charge in [-0.25, -0.2) is 8.78 Å². The molecule has 0 saturated carbocycles. The van der Waals surface area contributed by atoms with Gasteiger partial charge in [0.15, 0.2) is 24.0 Å². The van der Waals surface area contributed by atoms with E-state index in [9.17, 15) is 18.4 Å². The first kappa shape index (κ1) is 16.1. The largest absolute Gasteiger partial charge is 0.478 e. The van der Waals surface area contributed by atoms with Gasteiger partial charge in [-0.15, -0.1) is 0 Å². The molecule has 0 aromatic heterocycles. The summed E-state index contributed by atoms with van der Waals surface area (Å²) < 4.78 is 31.8. The highest BCUT2D eigenvalue weighted by atomic mass is 19.1. The summed E-state index contributed by atoms with van der Waals surface area (Å²) >= 11 is 0. The molecule has 1 aromatic carbocycles. The summed E-state index contributed by atoms with van der Waals surface area (Å²) in [6.07, 6.45) is 0.326. The van der Waals surface area contributed by atoms with Crippen molar-refractivity contribution in [1.82, 2.24) is 5.32 Å². The normalized spacial score (nSPS) is 12.1.